The highest BCUT2D eigenvalue weighted by Crippen LogP contribution is 2.32. The van der Waals surface area contributed by atoms with Gasteiger partial charge in [-0.15, -0.1) is 0 Å². The minimum absolute atomic E-state index is 0.172. The molecule has 2 N–H and O–H groups in total. The van der Waals surface area contributed by atoms with Gasteiger partial charge in [0.2, 0.25) is 0 Å². The Morgan fingerprint density at radius 2 is 1.79 bits per heavy atom. The Balaban J connectivity index is 2.23. The molecule has 4 heteroatoms. The van der Waals surface area contributed by atoms with Crippen LogP contribution in [0.1, 0.15) is 5.56 Å². The molecule has 0 bridgehead atoms. The van der Waals surface area contributed by atoms with Gasteiger partial charge in [-0.25, -0.2) is 4.39 Å². The highest BCUT2D eigenvalue weighted by atomic mass is 19.1. The van der Waals surface area contributed by atoms with Crippen molar-refractivity contribution in [2.45, 2.75) is 6.42 Å². The molecule has 2 aromatic rings. The van der Waals surface area contributed by atoms with Crippen molar-refractivity contribution in [3.05, 3.63) is 53.8 Å². The number of benzene rings is 2. The summed E-state index contributed by atoms with van der Waals surface area (Å²) in [5.74, 6) is 0.811. The van der Waals surface area contributed by atoms with Crippen molar-refractivity contribution < 1.29 is 13.9 Å². The van der Waals surface area contributed by atoms with E-state index in [1.165, 1.54) is 6.07 Å². The third kappa shape index (κ3) is 3.23. The van der Waals surface area contributed by atoms with Gasteiger partial charge >= 0.3 is 0 Å². The van der Waals surface area contributed by atoms with E-state index in [1.54, 1.807) is 37.4 Å². The van der Waals surface area contributed by atoms with Crippen LogP contribution in [-0.4, -0.2) is 13.7 Å². The summed E-state index contributed by atoms with van der Waals surface area (Å²) in [6.07, 6.45) is 0.645. The number of para-hydroxylation sites is 2. The van der Waals surface area contributed by atoms with Gasteiger partial charge in [0.25, 0.3) is 0 Å². The molecule has 0 aliphatic heterocycles. The fourth-order valence-electron chi connectivity index (χ4n) is 1.77. The lowest BCUT2D eigenvalue weighted by Gasteiger charge is -2.11. The molecule has 0 aliphatic carbocycles. The normalized spacial score (nSPS) is 10.3. The number of hydrogen-bond donors (Lipinski definition) is 1. The second-order valence-corrected chi connectivity index (χ2v) is 4.06. The first kappa shape index (κ1) is 13.4. The molecule has 0 atom stereocenters. The van der Waals surface area contributed by atoms with E-state index in [0.29, 0.717) is 24.5 Å². The molecule has 0 unspecified atom stereocenters. The molecular formula is C15H16FNO2. The summed E-state index contributed by atoms with van der Waals surface area (Å²) in [5, 5.41) is 0. The van der Waals surface area contributed by atoms with Gasteiger partial charge in [-0.2, -0.15) is 0 Å². The topological polar surface area (TPSA) is 44.5 Å². The quantitative estimate of drug-likeness (QED) is 0.899. The van der Waals surface area contributed by atoms with Gasteiger partial charge in [-0.3, -0.25) is 0 Å². The zero-order chi connectivity index (χ0) is 13.7. The minimum atomic E-state index is -0.406. The van der Waals surface area contributed by atoms with Crippen LogP contribution in [0, 0.1) is 5.82 Å². The molecular weight excluding hydrogens is 245 g/mol. The van der Waals surface area contributed by atoms with Crippen LogP contribution in [-0.2, 0) is 6.42 Å². The molecule has 0 aliphatic rings. The zero-order valence-corrected chi connectivity index (χ0v) is 10.7. The minimum Gasteiger partial charge on any atom is -0.493 e. The van der Waals surface area contributed by atoms with E-state index in [0.717, 1.165) is 5.56 Å². The smallest absolute Gasteiger partial charge is 0.169 e. The Kier molecular flexibility index (Phi) is 4.36. The van der Waals surface area contributed by atoms with Gasteiger partial charge in [0, 0.05) is 0 Å². The number of rotatable bonds is 5. The van der Waals surface area contributed by atoms with Crippen molar-refractivity contribution in [1.29, 1.82) is 0 Å². The van der Waals surface area contributed by atoms with Crippen LogP contribution in [0.2, 0.25) is 0 Å². The maximum Gasteiger partial charge on any atom is 0.169 e. The second-order valence-electron chi connectivity index (χ2n) is 4.06. The SMILES string of the molecule is COc1ccccc1Oc1ccc(CCN)cc1F. The Hall–Kier alpha value is -2.07. The summed E-state index contributed by atoms with van der Waals surface area (Å²) in [4.78, 5) is 0. The van der Waals surface area contributed by atoms with Gasteiger partial charge in [-0.05, 0) is 42.8 Å². The fourth-order valence-corrected chi connectivity index (χ4v) is 1.77. The van der Waals surface area contributed by atoms with Crippen LogP contribution >= 0.6 is 0 Å². The predicted molar refractivity (Wildman–Crippen MR) is 72.2 cm³/mol. The summed E-state index contributed by atoms with van der Waals surface area (Å²) >= 11 is 0. The van der Waals surface area contributed by atoms with Crippen molar-refractivity contribution in [2.75, 3.05) is 13.7 Å². The van der Waals surface area contributed by atoms with E-state index in [2.05, 4.69) is 0 Å². The van der Waals surface area contributed by atoms with Gasteiger partial charge in [0.1, 0.15) is 0 Å². The van der Waals surface area contributed by atoms with Gasteiger partial charge in [0.05, 0.1) is 7.11 Å². The molecule has 0 fully saturated rings. The number of methoxy groups -OCH3 is 1. The van der Waals surface area contributed by atoms with Crippen LogP contribution in [0.3, 0.4) is 0 Å². The van der Waals surface area contributed by atoms with E-state index in [-0.39, 0.29) is 5.75 Å². The summed E-state index contributed by atoms with van der Waals surface area (Å²) in [7, 11) is 1.54. The first-order valence-electron chi connectivity index (χ1n) is 6.04. The zero-order valence-electron chi connectivity index (χ0n) is 10.7. The Bertz CT molecular complexity index is 558. The number of hydrogen-bond acceptors (Lipinski definition) is 3. The third-order valence-corrected chi connectivity index (χ3v) is 2.72. The average molecular weight is 261 g/mol. The molecule has 0 amide bonds. The third-order valence-electron chi connectivity index (χ3n) is 2.72. The van der Waals surface area contributed by atoms with Crippen LogP contribution in [0.25, 0.3) is 0 Å². The largest absolute Gasteiger partial charge is 0.493 e. The molecule has 3 nitrogen and oxygen atoms in total. The predicted octanol–water partition coefficient (Wildman–Crippen LogP) is 3.13. The second kappa shape index (κ2) is 6.20. The summed E-state index contributed by atoms with van der Waals surface area (Å²) < 4.78 is 24.6. The summed E-state index contributed by atoms with van der Waals surface area (Å²) in [6, 6.07) is 12.0. The monoisotopic (exact) mass is 261 g/mol. The lowest BCUT2D eigenvalue weighted by Crippen LogP contribution is -2.03. The molecule has 100 valence electrons. The van der Waals surface area contributed by atoms with Crippen molar-refractivity contribution in [3.63, 3.8) is 0 Å². The molecule has 0 spiro atoms. The molecule has 2 aromatic carbocycles. The van der Waals surface area contributed by atoms with Crippen LogP contribution in [0.4, 0.5) is 4.39 Å². The molecule has 2 rings (SSSR count). The fraction of sp³-hybridized carbons (Fsp3) is 0.200. The lowest BCUT2D eigenvalue weighted by atomic mass is 10.1. The molecule has 19 heavy (non-hydrogen) atoms. The van der Waals surface area contributed by atoms with Crippen LogP contribution in [0.15, 0.2) is 42.5 Å². The van der Waals surface area contributed by atoms with E-state index in [1.807, 2.05) is 6.07 Å². The van der Waals surface area contributed by atoms with Crippen molar-refractivity contribution in [2.24, 2.45) is 5.73 Å². The Labute approximate surface area is 111 Å². The molecule has 0 radical (unpaired) electrons. The average Bonchev–Trinajstić information content (AvgIpc) is 2.43. The number of nitrogens with two attached hydrogens (primary N) is 1. The molecule has 0 saturated heterocycles. The van der Waals surface area contributed by atoms with E-state index in [9.17, 15) is 4.39 Å². The lowest BCUT2D eigenvalue weighted by molar-refractivity contribution is 0.371. The van der Waals surface area contributed by atoms with Crippen molar-refractivity contribution in [1.82, 2.24) is 0 Å². The molecule has 0 saturated carbocycles. The van der Waals surface area contributed by atoms with Crippen molar-refractivity contribution in [3.8, 4) is 17.2 Å². The van der Waals surface area contributed by atoms with Crippen molar-refractivity contribution >= 4 is 0 Å². The summed E-state index contributed by atoms with van der Waals surface area (Å²) in [6.45, 7) is 0.492. The Morgan fingerprint density at radius 3 is 2.42 bits per heavy atom. The van der Waals surface area contributed by atoms with E-state index in [4.69, 9.17) is 15.2 Å². The molecule has 0 aromatic heterocycles. The first-order chi connectivity index (χ1) is 9.24. The van der Waals surface area contributed by atoms with Gasteiger partial charge < -0.3 is 15.2 Å². The maximum atomic E-state index is 13.9. The first-order valence-corrected chi connectivity index (χ1v) is 6.04. The standard InChI is InChI=1S/C15H16FNO2/c1-18-14-4-2-3-5-15(14)19-13-7-6-11(8-9-17)10-12(13)16/h2-7,10H,8-9,17H2,1H3. The van der Waals surface area contributed by atoms with Crippen LogP contribution in [0.5, 0.6) is 17.2 Å². The number of ether oxygens (including phenoxy) is 2. The molecule has 0 heterocycles. The highest BCUT2D eigenvalue weighted by molar-refractivity contribution is 5.43. The Morgan fingerprint density at radius 1 is 1.05 bits per heavy atom. The summed E-state index contributed by atoms with van der Waals surface area (Å²) in [5.41, 5.74) is 6.29. The maximum absolute atomic E-state index is 13.9. The van der Waals surface area contributed by atoms with E-state index >= 15 is 0 Å². The van der Waals surface area contributed by atoms with Gasteiger partial charge in [0.15, 0.2) is 23.1 Å². The van der Waals surface area contributed by atoms with Crippen LogP contribution < -0.4 is 15.2 Å². The van der Waals surface area contributed by atoms with Gasteiger partial charge in [-0.1, -0.05) is 18.2 Å². The number of halogens is 1. The highest BCUT2D eigenvalue weighted by Gasteiger charge is 2.09. The van der Waals surface area contributed by atoms with E-state index < -0.39 is 5.82 Å².